The number of Topliss-reactive ketones (excluding diaryl/α,β-unsaturated/α-hetero) is 1. The van der Waals surface area contributed by atoms with Gasteiger partial charge in [-0.05, 0) is 43.5 Å². The van der Waals surface area contributed by atoms with E-state index in [1.807, 2.05) is 0 Å². The van der Waals surface area contributed by atoms with Gasteiger partial charge in [-0.1, -0.05) is 0 Å². The van der Waals surface area contributed by atoms with Crippen LogP contribution >= 0.6 is 0 Å². The fraction of sp³-hybridized carbons (Fsp3) is 0.619. The van der Waals surface area contributed by atoms with E-state index in [1.165, 1.54) is 41.2 Å². The summed E-state index contributed by atoms with van der Waals surface area (Å²) in [7, 11) is 0. The van der Waals surface area contributed by atoms with Crippen LogP contribution < -0.4 is 15.5 Å². The number of halogens is 1. The van der Waals surface area contributed by atoms with Gasteiger partial charge in [0.25, 0.3) is 5.91 Å². The summed E-state index contributed by atoms with van der Waals surface area (Å²) in [5, 5.41) is 0. The first-order valence-electron chi connectivity index (χ1n) is 10.3. The highest BCUT2D eigenvalue weighted by atomic mass is 19.1. The monoisotopic (exact) mass is 377 g/mol. The maximum absolute atomic E-state index is 12.9. The zero-order valence-corrected chi connectivity index (χ0v) is 16.1. The number of rotatable bonds is 7. The molecule has 3 rings (SSSR count). The van der Waals surface area contributed by atoms with E-state index in [0.29, 0.717) is 12.0 Å². The Morgan fingerprint density at radius 1 is 1.00 bits per heavy atom. The van der Waals surface area contributed by atoms with Crippen LogP contribution in [0.1, 0.15) is 55.3 Å². The van der Waals surface area contributed by atoms with Gasteiger partial charge in [-0.15, -0.1) is 0 Å². The van der Waals surface area contributed by atoms with Crippen LogP contribution in [-0.2, 0) is 4.79 Å². The molecule has 0 radical (unpaired) electrons. The molecule has 2 saturated heterocycles. The largest absolute Gasteiger partial charge is 0.364 e. The van der Waals surface area contributed by atoms with E-state index < -0.39 is 0 Å². The summed E-state index contributed by atoms with van der Waals surface area (Å²) < 4.78 is 12.9. The van der Waals surface area contributed by atoms with Gasteiger partial charge in [0.2, 0.25) is 0 Å². The third-order valence-electron chi connectivity index (χ3n) is 6.52. The molecule has 0 atom stereocenters. The molecule has 2 heterocycles. The number of carbonyl (C=O) groups is 2. The molecule has 1 aromatic carbocycles. The van der Waals surface area contributed by atoms with Crippen LogP contribution in [0.3, 0.4) is 0 Å². The Labute approximate surface area is 160 Å². The molecule has 0 aromatic heterocycles. The molecule has 0 unspecified atom stereocenters. The Balaban J connectivity index is 1.46. The van der Waals surface area contributed by atoms with Gasteiger partial charge in [-0.25, -0.2) is 4.39 Å². The Hall–Kier alpha value is -1.79. The van der Waals surface area contributed by atoms with Gasteiger partial charge in [0.1, 0.15) is 5.82 Å². The Kier molecular flexibility index (Phi) is 6.60. The lowest BCUT2D eigenvalue weighted by molar-refractivity contribution is -0.974. The lowest BCUT2D eigenvalue weighted by atomic mass is 9.83. The SMILES string of the molecule is NC(=O)C1([NH+]2CCCCC2)CC[NH+](CCCC(=O)c2ccc(F)cc2)CC1. The van der Waals surface area contributed by atoms with E-state index in [-0.39, 0.29) is 23.0 Å². The number of quaternary nitrogens is 2. The number of benzene rings is 1. The first kappa shape index (κ1) is 20.0. The molecule has 2 fully saturated rings. The molecule has 0 bridgehead atoms. The highest BCUT2D eigenvalue weighted by molar-refractivity contribution is 5.95. The van der Waals surface area contributed by atoms with E-state index in [0.717, 1.165) is 52.0 Å². The third-order valence-corrected chi connectivity index (χ3v) is 6.52. The van der Waals surface area contributed by atoms with E-state index >= 15 is 0 Å². The van der Waals surface area contributed by atoms with E-state index in [9.17, 15) is 14.0 Å². The second kappa shape index (κ2) is 8.93. The smallest absolute Gasteiger partial charge is 0.279 e. The van der Waals surface area contributed by atoms with Crippen molar-refractivity contribution in [3.63, 3.8) is 0 Å². The molecule has 27 heavy (non-hydrogen) atoms. The predicted molar refractivity (Wildman–Crippen MR) is 101 cm³/mol. The normalized spacial score (nSPS) is 26.6. The van der Waals surface area contributed by atoms with Crippen molar-refractivity contribution >= 4 is 11.7 Å². The second-order valence-electron chi connectivity index (χ2n) is 8.14. The predicted octanol–water partition coefficient (Wildman–Crippen LogP) is -0.240. The van der Waals surface area contributed by atoms with Crippen molar-refractivity contribution in [3.8, 4) is 0 Å². The van der Waals surface area contributed by atoms with Crippen molar-refractivity contribution in [2.45, 2.75) is 50.5 Å². The first-order valence-corrected chi connectivity index (χ1v) is 10.3. The maximum atomic E-state index is 12.9. The highest BCUT2D eigenvalue weighted by Crippen LogP contribution is 2.15. The molecule has 2 aliphatic heterocycles. The molecule has 0 saturated carbocycles. The van der Waals surface area contributed by atoms with Gasteiger partial charge in [0.15, 0.2) is 11.3 Å². The van der Waals surface area contributed by atoms with E-state index in [2.05, 4.69) is 0 Å². The molecule has 148 valence electrons. The van der Waals surface area contributed by atoms with Gasteiger partial charge >= 0.3 is 0 Å². The number of hydrogen-bond acceptors (Lipinski definition) is 2. The quantitative estimate of drug-likeness (QED) is 0.574. The summed E-state index contributed by atoms with van der Waals surface area (Å²) >= 11 is 0. The van der Waals surface area contributed by atoms with E-state index in [1.54, 1.807) is 12.1 Å². The standard InChI is InChI=1S/C21H30FN3O2/c22-18-8-6-17(7-9-18)19(26)5-4-12-24-15-10-21(11-16-24,20(23)27)25-13-2-1-3-14-25/h6-9H,1-5,10-16H2,(H2,23,27)/p+2. The van der Waals surface area contributed by atoms with Crippen LogP contribution in [0, 0.1) is 5.82 Å². The average Bonchev–Trinajstić information content (AvgIpc) is 2.69. The van der Waals surface area contributed by atoms with Gasteiger partial charge in [-0.2, -0.15) is 0 Å². The Morgan fingerprint density at radius 3 is 2.22 bits per heavy atom. The molecule has 0 spiro atoms. The number of likely N-dealkylation sites (tertiary alicyclic amines) is 2. The summed E-state index contributed by atoms with van der Waals surface area (Å²) in [6.45, 7) is 4.93. The number of piperidine rings is 2. The molecule has 1 aromatic rings. The van der Waals surface area contributed by atoms with Crippen LogP contribution in [0.15, 0.2) is 24.3 Å². The summed E-state index contributed by atoms with van der Waals surface area (Å²) in [4.78, 5) is 27.3. The van der Waals surface area contributed by atoms with Crippen molar-refractivity contribution in [2.24, 2.45) is 5.73 Å². The van der Waals surface area contributed by atoms with Crippen LogP contribution in [0.5, 0.6) is 0 Å². The minimum Gasteiger partial charge on any atom is -0.364 e. The number of ketones is 1. The van der Waals surface area contributed by atoms with Crippen LogP contribution in [0.25, 0.3) is 0 Å². The number of primary amides is 1. The summed E-state index contributed by atoms with van der Waals surface area (Å²) in [6.07, 6.45) is 6.62. The van der Waals surface area contributed by atoms with Crippen molar-refractivity contribution in [3.05, 3.63) is 35.6 Å². The molecule has 0 aliphatic carbocycles. The first-order chi connectivity index (χ1) is 13.0. The Morgan fingerprint density at radius 2 is 1.63 bits per heavy atom. The lowest BCUT2D eigenvalue weighted by Gasteiger charge is -2.43. The third kappa shape index (κ3) is 4.74. The van der Waals surface area contributed by atoms with Crippen molar-refractivity contribution < 1.29 is 23.8 Å². The van der Waals surface area contributed by atoms with Gasteiger partial charge in [-0.3, -0.25) is 9.59 Å². The molecule has 1 amide bonds. The summed E-state index contributed by atoms with van der Waals surface area (Å²) in [5.41, 5.74) is 6.05. The van der Waals surface area contributed by atoms with Crippen LogP contribution in [0.4, 0.5) is 4.39 Å². The van der Waals surface area contributed by atoms with Gasteiger partial charge < -0.3 is 15.5 Å². The minimum absolute atomic E-state index is 0.0654. The summed E-state index contributed by atoms with van der Waals surface area (Å²) in [6, 6.07) is 5.76. The Bertz CT molecular complexity index is 648. The van der Waals surface area contributed by atoms with Crippen LogP contribution in [0.2, 0.25) is 0 Å². The number of hydrogen-bond donors (Lipinski definition) is 3. The molecule has 4 N–H and O–H groups in total. The number of nitrogens with two attached hydrogens (primary N) is 1. The lowest BCUT2D eigenvalue weighted by Crippen LogP contribution is -3.26. The number of carbonyl (C=O) groups excluding carboxylic acids is 2. The molecule has 2 aliphatic rings. The summed E-state index contributed by atoms with van der Waals surface area (Å²) in [5.74, 6) is -0.390. The van der Waals surface area contributed by atoms with Crippen molar-refractivity contribution in [2.75, 3.05) is 32.7 Å². The average molecular weight is 378 g/mol. The van der Waals surface area contributed by atoms with Crippen LogP contribution in [-0.4, -0.2) is 50.0 Å². The minimum atomic E-state index is -0.381. The molecule has 6 heteroatoms. The molecular weight excluding hydrogens is 345 g/mol. The fourth-order valence-corrected chi connectivity index (χ4v) is 4.79. The molecular formula is C21H32FN3O2+2. The highest BCUT2D eigenvalue weighted by Gasteiger charge is 2.50. The zero-order valence-electron chi connectivity index (χ0n) is 16.1. The van der Waals surface area contributed by atoms with Crippen molar-refractivity contribution in [1.29, 1.82) is 0 Å². The van der Waals surface area contributed by atoms with Gasteiger partial charge in [0.05, 0.1) is 45.6 Å². The van der Waals surface area contributed by atoms with E-state index in [4.69, 9.17) is 5.73 Å². The second-order valence-corrected chi connectivity index (χ2v) is 8.14. The zero-order chi connectivity index (χ0) is 19.3. The number of nitrogens with one attached hydrogen (secondary N) is 2. The van der Waals surface area contributed by atoms with Crippen molar-refractivity contribution in [1.82, 2.24) is 0 Å². The fourth-order valence-electron chi connectivity index (χ4n) is 4.79. The topological polar surface area (TPSA) is 69.0 Å². The maximum Gasteiger partial charge on any atom is 0.279 e. The molecule has 5 nitrogen and oxygen atoms in total. The van der Waals surface area contributed by atoms with Gasteiger partial charge in [0, 0.05) is 18.4 Å². The number of amides is 1.